The van der Waals surface area contributed by atoms with E-state index in [1.165, 1.54) is 27.2 Å². The summed E-state index contributed by atoms with van der Waals surface area (Å²) >= 11 is 0. The van der Waals surface area contributed by atoms with Crippen LogP contribution in [0.3, 0.4) is 0 Å². The molecular formula is C38H44N4O8. The molecule has 5 N–H and O–H groups in total. The summed E-state index contributed by atoms with van der Waals surface area (Å²) in [5, 5.41) is 19.9. The standard InChI is InChI=1S/C38H44N4O8/c1-7-20(2)34(37(45)42-30(38(46)47)16-23-19-39-27-11-9-8-10-24(23)27)41-29-15-13-25-26(18-31(29)44)28(40-21(3)43)14-12-22-17-32(48-4)35(49-5)36(50-6)33(22)25/h8-11,13,15,17-20,28,30,34,39H,7,12,14,16H2,1-6H3,(H,40,43)(H,41,44)(H,42,45)(H,46,47). The zero-order valence-corrected chi connectivity index (χ0v) is 29.1. The lowest BCUT2D eigenvalue weighted by Gasteiger charge is -2.26. The number of para-hydroxylation sites is 1. The molecule has 5 rings (SSSR count). The fourth-order valence-corrected chi connectivity index (χ4v) is 6.68. The zero-order valence-electron chi connectivity index (χ0n) is 29.1. The van der Waals surface area contributed by atoms with Crippen molar-refractivity contribution in [2.45, 2.75) is 64.6 Å². The summed E-state index contributed by atoms with van der Waals surface area (Å²) in [6.07, 6.45) is 3.44. The van der Waals surface area contributed by atoms with Gasteiger partial charge in [0.15, 0.2) is 11.5 Å². The van der Waals surface area contributed by atoms with Gasteiger partial charge < -0.3 is 40.3 Å². The molecule has 4 aromatic rings. The molecule has 2 amide bonds. The zero-order chi connectivity index (χ0) is 36.1. The highest BCUT2D eigenvalue weighted by Gasteiger charge is 2.32. The van der Waals surface area contributed by atoms with Crippen LogP contribution in [0, 0.1) is 5.92 Å². The number of H-pyrrole nitrogens is 1. The van der Waals surface area contributed by atoms with Crippen LogP contribution >= 0.6 is 0 Å². The van der Waals surface area contributed by atoms with E-state index in [1.54, 1.807) is 25.4 Å². The molecule has 50 heavy (non-hydrogen) atoms. The monoisotopic (exact) mass is 684 g/mol. The number of aliphatic carboxylic acids is 1. The number of benzene rings is 2. The van der Waals surface area contributed by atoms with E-state index in [4.69, 9.17) is 14.2 Å². The molecule has 0 spiro atoms. The van der Waals surface area contributed by atoms with Crippen molar-refractivity contribution < 1.29 is 33.7 Å². The van der Waals surface area contributed by atoms with Gasteiger partial charge in [-0.1, -0.05) is 44.5 Å². The smallest absolute Gasteiger partial charge is 0.326 e. The number of aryl methyl sites for hydroxylation is 1. The van der Waals surface area contributed by atoms with E-state index in [1.807, 2.05) is 44.2 Å². The summed E-state index contributed by atoms with van der Waals surface area (Å²) in [6.45, 7) is 5.21. The first-order valence-electron chi connectivity index (χ1n) is 16.6. The third-order valence-corrected chi connectivity index (χ3v) is 9.44. The Balaban J connectivity index is 1.55. The Morgan fingerprint density at radius 3 is 2.42 bits per heavy atom. The number of nitrogens with one attached hydrogen (secondary N) is 4. The normalized spacial score (nSPS) is 15.4. The van der Waals surface area contributed by atoms with Gasteiger partial charge in [0.1, 0.15) is 12.1 Å². The first-order valence-corrected chi connectivity index (χ1v) is 16.6. The number of anilines is 1. The molecule has 0 saturated carbocycles. The number of hydrogen-bond acceptors (Lipinski definition) is 8. The predicted molar refractivity (Wildman–Crippen MR) is 191 cm³/mol. The highest BCUT2D eigenvalue weighted by molar-refractivity contribution is 5.90. The minimum Gasteiger partial charge on any atom is -0.493 e. The number of aromatic amines is 1. The molecular weight excluding hydrogens is 640 g/mol. The SMILES string of the molecule is CCC(C)C(Nc1ccc2c(cc1=O)C(NC(C)=O)CCc1cc(OC)c(OC)c(OC)c1-2)C(=O)NC(Cc1c[nH]c2ccccc12)C(=O)O. The van der Waals surface area contributed by atoms with Crippen LogP contribution in [0.2, 0.25) is 0 Å². The average molecular weight is 685 g/mol. The molecule has 12 heteroatoms. The van der Waals surface area contributed by atoms with Gasteiger partial charge in [-0.05, 0) is 65.3 Å². The number of carboxylic acids is 1. The van der Waals surface area contributed by atoms with Crippen molar-refractivity contribution in [3.63, 3.8) is 0 Å². The number of rotatable bonds is 13. The van der Waals surface area contributed by atoms with Crippen LogP contribution in [-0.2, 0) is 27.2 Å². The van der Waals surface area contributed by atoms with Crippen molar-refractivity contribution in [2.75, 3.05) is 26.6 Å². The van der Waals surface area contributed by atoms with Gasteiger partial charge in [-0.3, -0.25) is 14.4 Å². The van der Waals surface area contributed by atoms with E-state index in [-0.39, 0.29) is 23.9 Å². The molecule has 0 bridgehead atoms. The molecule has 4 atom stereocenters. The summed E-state index contributed by atoms with van der Waals surface area (Å²) < 4.78 is 17.1. The van der Waals surface area contributed by atoms with Crippen molar-refractivity contribution in [1.82, 2.24) is 15.6 Å². The summed E-state index contributed by atoms with van der Waals surface area (Å²) in [7, 11) is 4.59. The maximum absolute atomic E-state index is 14.0. The molecule has 1 heterocycles. The van der Waals surface area contributed by atoms with Gasteiger partial charge in [0.25, 0.3) is 0 Å². The van der Waals surface area contributed by atoms with Crippen molar-refractivity contribution in [3.05, 3.63) is 81.6 Å². The summed E-state index contributed by atoms with van der Waals surface area (Å²) in [5.41, 5.74) is 4.18. The van der Waals surface area contributed by atoms with Crippen molar-refractivity contribution >= 4 is 34.4 Å². The molecule has 0 fully saturated rings. The van der Waals surface area contributed by atoms with Gasteiger partial charge in [0, 0.05) is 36.0 Å². The Morgan fingerprint density at radius 2 is 1.76 bits per heavy atom. The number of hydrogen-bond donors (Lipinski definition) is 5. The molecule has 264 valence electrons. The predicted octanol–water partition coefficient (Wildman–Crippen LogP) is 4.98. The van der Waals surface area contributed by atoms with Crippen LogP contribution in [0.25, 0.3) is 22.0 Å². The second-order valence-corrected chi connectivity index (χ2v) is 12.6. The summed E-state index contributed by atoms with van der Waals surface area (Å²) in [4.78, 5) is 55.7. The lowest BCUT2D eigenvalue weighted by molar-refractivity contribution is -0.142. The topological polar surface area (TPSA) is 168 Å². The quantitative estimate of drug-likeness (QED) is 0.130. The van der Waals surface area contributed by atoms with Gasteiger partial charge in [0.2, 0.25) is 23.0 Å². The number of carbonyl (C=O) groups excluding carboxylic acids is 2. The summed E-state index contributed by atoms with van der Waals surface area (Å²) in [5.74, 6) is -0.939. The van der Waals surface area contributed by atoms with Crippen LogP contribution in [0.4, 0.5) is 5.69 Å². The summed E-state index contributed by atoms with van der Waals surface area (Å²) in [6, 6.07) is 11.6. The van der Waals surface area contributed by atoms with Gasteiger partial charge >= 0.3 is 5.97 Å². The fraction of sp³-hybridized carbons (Fsp3) is 0.368. The first kappa shape index (κ1) is 35.8. The number of methoxy groups -OCH3 is 3. The number of amides is 2. The van der Waals surface area contributed by atoms with Gasteiger partial charge in [-0.2, -0.15) is 0 Å². The third kappa shape index (κ3) is 7.24. The van der Waals surface area contributed by atoms with Crippen LogP contribution in [0.5, 0.6) is 17.2 Å². The maximum Gasteiger partial charge on any atom is 0.326 e. The van der Waals surface area contributed by atoms with Crippen molar-refractivity contribution in [1.29, 1.82) is 0 Å². The molecule has 0 saturated heterocycles. The molecule has 4 unspecified atom stereocenters. The molecule has 0 aliphatic heterocycles. The van der Waals surface area contributed by atoms with Crippen molar-refractivity contribution in [3.8, 4) is 28.4 Å². The molecule has 12 nitrogen and oxygen atoms in total. The van der Waals surface area contributed by atoms with Gasteiger partial charge in [0.05, 0.1) is 33.1 Å². The Kier molecular flexibility index (Phi) is 11.0. The lowest BCUT2D eigenvalue weighted by atomic mass is 9.95. The fourth-order valence-electron chi connectivity index (χ4n) is 6.68. The van der Waals surface area contributed by atoms with Crippen LogP contribution in [-0.4, -0.2) is 61.3 Å². The van der Waals surface area contributed by atoms with Crippen molar-refractivity contribution in [2.24, 2.45) is 5.92 Å². The number of carboxylic acid groups (broad SMARTS) is 1. The Labute approximate surface area is 290 Å². The van der Waals surface area contributed by atoms with E-state index in [2.05, 4.69) is 20.9 Å². The second kappa shape index (κ2) is 15.4. The number of carbonyl (C=O) groups is 3. The van der Waals surface area contributed by atoms with E-state index < -0.39 is 35.4 Å². The Hall–Kier alpha value is -5.52. The minimum atomic E-state index is -1.21. The van der Waals surface area contributed by atoms with E-state index in [9.17, 15) is 24.3 Å². The largest absolute Gasteiger partial charge is 0.493 e. The highest BCUT2D eigenvalue weighted by atomic mass is 16.5. The maximum atomic E-state index is 14.0. The lowest BCUT2D eigenvalue weighted by Crippen LogP contribution is -2.51. The first-order chi connectivity index (χ1) is 24.0. The van der Waals surface area contributed by atoms with E-state index >= 15 is 0 Å². The molecule has 1 aromatic heterocycles. The number of fused-ring (bicyclic) bond motifs is 4. The Morgan fingerprint density at radius 1 is 1.02 bits per heavy atom. The van der Waals surface area contributed by atoms with Crippen LogP contribution in [0.15, 0.2) is 59.5 Å². The minimum absolute atomic E-state index is 0.0676. The second-order valence-electron chi connectivity index (χ2n) is 12.6. The molecule has 1 aliphatic rings. The third-order valence-electron chi connectivity index (χ3n) is 9.44. The molecule has 3 aromatic carbocycles. The van der Waals surface area contributed by atoms with E-state index in [0.717, 1.165) is 22.0 Å². The number of ether oxygens (including phenoxy) is 3. The molecule has 1 aliphatic carbocycles. The number of aromatic nitrogens is 1. The average Bonchev–Trinajstić information content (AvgIpc) is 3.36. The van der Waals surface area contributed by atoms with Crippen LogP contribution < -0.4 is 35.6 Å². The van der Waals surface area contributed by atoms with Gasteiger partial charge in [-0.15, -0.1) is 0 Å². The van der Waals surface area contributed by atoms with Gasteiger partial charge in [-0.25, -0.2) is 4.79 Å². The Bertz CT molecular complexity index is 1970. The van der Waals surface area contributed by atoms with E-state index in [0.29, 0.717) is 53.2 Å². The highest BCUT2D eigenvalue weighted by Crippen LogP contribution is 2.50. The van der Waals surface area contributed by atoms with Crippen LogP contribution in [0.1, 0.15) is 56.3 Å². The molecule has 0 radical (unpaired) electrons.